The fourth-order valence-corrected chi connectivity index (χ4v) is 4.75. The van der Waals surface area contributed by atoms with Gasteiger partial charge in [0.25, 0.3) is 0 Å². The van der Waals surface area contributed by atoms with E-state index >= 15 is 0 Å². The molecule has 3 rings (SSSR count). The molecule has 146 valence electrons. The van der Waals surface area contributed by atoms with Crippen LogP contribution in [0.15, 0.2) is 11.4 Å². The van der Waals surface area contributed by atoms with Crippen molar-refractivity contribution in [3.63, 3.8) is 0 Å². The van der Waals surface area contributed by atoms with Gasteiger partial charge in [0, 0.05) is 29.9 Å². The highest BCUT2D eigenvalue weighted by molar-refractivity contribution is 7.10. The van der Waals surface area contributed by atoms with Gasteiger partial charge < -0.3 is 15.5 Å². The molecule has 0 radical (unpaired) electrons. The maximum absolute atomic E-state index is 13.0. The zero-order valence-electron chi connectivity index (χ0n) is 15.6. The molecule has 2 aliphatic rings. The van der Waals surface area contributed by atoms with E-state index in [2.05, 4.69) is 35.9 Å². The second kappa shape index (κ2) is 9.72. The molecule has 1 aromatic heterocycles. The Hall–Kier alpha value is -1.11. The third kappa shape index (κ3) is 4.99. The summed E-state index contributed by atoms with van der Waals surface area (Å²) in [6.07, 6.45) is 4.22. The van der Waals surface area contributed by atoms with Gasteiger partial charge in [-0.1, -0.05) is 13.3 Å². The Bertz CT molecular complexity index is 622. The fourth-order valence-electron chi connectivity index (χ4n) is 3.86. The van der Waals surface area contributed by atoms with Crippen LogP contribution in [0.25, 0.3) is 0 Å². The second-order valence-corrected chi connectivity index (χ2v) is 8.31. The molecule has 0 spiro atoms. The van der Waals surface area contributed by atoms with E-state index in [1.54, 1.807) is 11.3 Å². The zero-order valence-corrected chi connectivity index (χ0v) is 17.3. The average molecular weight is 400 g/mol. The van der Waals surface area contributed by atoms with E-state index in [4.69, 9.17) is 0 Å². The molecule has 5 nitrogen and oxygen atoms in total. The molecule has 2 amide bonds. The molecule has 26 heavy (non-hydrogen) atoms. The average Bonchev–Trinajstić information content (AvgIpc) is 3.08. The van der Waals surface area contributed by atoms with Crippen LogP contribution in [-0.2, 0) is 22.6 Å². The first-order chi connectivity index (χ1) is 12.1. The Morgan fingerprint density at radius 2 is 2.27 bits per heavy atom. The van der Waals surface area contributed by atoms with Crippen LogP contribution in [-0.4, -0.2) is 41.9 Å². The predicted molar refractivity (Wildman–Crippen MR) is 108 cm³/mol. The zero-order chi connectivity index (χ0) is 17.8. The monoisotopic (exact) mass is 399 g/mol. The van der Waals surface area contributed by atoms with Crippen LogP contribution < -0.4 is 10.6 Å². The Kier molecular flexibility index (Phi) is 7.92. The summed E-state index contributed by atoms with van der Waals surface area (Å²) in [4.78, 5) is 29.0. The number of rotatable bonds is 5. The lowest BCUT2D eigenvalue weighted by Gasteiger charge is -2.32. The highest BCUT2D eigenvalue weighted by Crippen LogP contribution is 2.25. The van der Waals surface area contributed by atoms with E-state index in [1.165, 1.54) is 10.4 Å². The molecule has 0 bridgehead atoms. The SMILES string of the molecule is CCCC(NC(=O)[C@H]1CCN[C@@H](C)C1)C(=O)N1CCc2sccc2C1.Cl. The number of nitrogens with zero attached hydrogens (tertiary/aromatic N) is 1. The summed E-state index contributed by atoms with van der Waals surface area (Å²) in [6, 6.07) is 2.09. The molecule has 1 fully saturated rings. The smallest absolute Gasteiger partial charge is 0.245 e. The van der Waals surface area contributed by atoms with Crippen molar-refractivity contribution in [2.24, 2.45) is 5.92 Å². The lowest BCUT2D eigenvalue weighted by molar-refractivity contribution is -0.138. The number of fused-ring (bicyclic) bond motifs is 1. The van der Waals surface area contributed by atoms with E-state index in [-0.39, 0.29) is 36.2 Å². The lowest BCUT2D eigenvalue weighted by atomic mass is 9.92. The minimum Gasteiger partial charge on any atom is -0.344 e. The molecule has 2 aliphatic heterocycles. The number of halogens is 1. The van der Waals surface area contributed by atoms with Crippen LogP contribution in [0.1, 0.15) is 50.0 Å². The van der Waals surface area contributed by atoms with E-state index in [1.807, 2.05) is 4.90 Å². The van der Waals surface area contributed by atoms with Crippen LogP contribution in [0.2, 0.25) is 0 Å². The molecule has 3 heterocycles. The third-order valence-corrected chi connectivity index (χ3v) is 6.33. The molecular formula is C19H30ClN3O2S. The fraction of sp³-hybridized carbons (Fsp3) is 0.684. The molecular weight excluding hydrogens is 370 g/mol. The van der Waals surface area contributed by atoms with Gasteiger partial charge in [-0.25, -0.2) is 0 Å². The Morgan fingerprint density at radius 1 is 1.46 bits per heavy atom. The lowest BCUT2D eigenvalue weighted by Crippen LogP contribution is -2.52. The van der Waals surface area contributed by atoms with E-state index in [0.29, 0.717) is 19.0 Å². The van der Waals surface area contributed by atoms with Crippen LogP contribution in [0, 0.1) is 5.92 Å². The Labute approximate surface area is 166 Å². The van der Waals surface area contributed by atoms with Crippen LogP contribution in [0.5, 0.6) is 0 Å². The summed E-state index contributed by atoms with van der Waals surface area (Å²) in [5.74, 6) is 0.149. The number of hydrogen-bond acceptors (Lipinski definition) is 4. The summed E-state index contributed by atoms with van der Waals surface area (Å²) in [7, 11) is 0. The van der Waals surface area contributed by atoms with Crippen molar-refractivity contribution in [2.75, 3.05) is 13.1 Å². The van der Waals surface area contributed by atoms with E-state index < -0.39 is 0 Å². The topological polar surface area (TPSA) is 61.4 Å². The van der Waals surface area contributed by atoms with E-state index in [9.17, 15) is 9.59 Å². The first-order valence-corrected chi connectivity index (χ1v) is 10.3. The number of amides is 2. The first-order valence-electron chi connectivity index (χ1n) is 9.46. The van der Waals surface area contributed by atoms with Gasteiger partial charge in [0.05, 0.1) is 0 Å². The van der Waals surface area contributed by atoms with Crippen molar-refractivity contribution in [3.8, 4) is 0 Å². The summed E-state index contributed by atoms with van der Waals surface area (Å²) in [5.41, 5.74) is 1.26. The molecule has 0 aliphatic carbocycles. The van der Waals surface area contributed by atoms with Gasteiger partial charge in [-0.2, -0.15) is 0 Å². The van der Waals surface area contributed by atoms with Crippen molar-refractivity contribution < 1.29 is 9.59 Å². The minimum absolute atomic E-state index is 0. The van der Waals surface area contributed by atoms with Gasteiger partial charge >= 0.3 is 0 Å². The van der Waals surface area contributed by atoms with Crippen LogP contribution in [0.3, 0.4) is 0 Å². The minimum atomic E-state index is -0.386. The molecule has 0 aromatic carbocycles. The number of carbonyl (C=O) groups excluding carboxylic acids is 2. The molecule has 7 heteroatoms. The van der Waals surface area contributed by atoms with Gasteiger partial charge in [0.15, 0.2) is 0 Å². The van der Waals surface area contributed by atoms with Gasteiger partial charge in [-0.05, 0) is 56.2 Å². The summed E-state index contributed by atoms with van der Waals surface area (Å²) < 4.78 is 0. The summed E-state index contributed by atoms with van der Waals surface area (Å²) >= 11 is 1.77. The van der Waals surface area contributed by atoms with Gasteiger partial charge in [-0.15, -0.1) is 23.7 Å². The maximum Gasteiger partial charge on any atom is 0.245 e. The summed E-state index contributed by atoms with van der Waals surface area (Å²) in [5, 5.41) is 8.54. The highest BCUT2D eigenvalue weighted by Gasteiger charge is 2.31. The second-order valence-electron chi connectivity index (χ2n) is 7.31. The van der Waals surface area contributed by atoms with Crippen LogP contribution in [0.4, 0.5) is 0 Å². The standard InChI is InChI=1S/C19H29N3O2S.ClH/c1-3-4-16(21-18(23)14-5-8-20-13(2)11-14)19(24)22-9-6-17-15(12-22)7-10-25-17;/h7,10,13-14,16,20H,3-6,8-9,11-12H2,1-2H3,(H,21,23);1H/t13-,14-,16?;/m0./s1. The van der Waals surface area contributed by atoms with E-state index in [0.717, 1.165) is 38.8 Å². The predicted octanol–water partition coefficient (Wildman–Crippen LogP) is 2.73. The molecule has 0 saturated carbocycles. The van der Waals surface area contributed by atoms with Gasteiger partial charge in [-0.3, -0.25) is 9.59 Å². The number of nitrogens with one attached hydrogen (secondary N) is 2. The quantitative estimate of drug-likeness (QED) is 0.800. The van der Waals surface area contributed by atoms with Crippen molar-refractivity contribution in [1.29, 1.82) is 0 Å². The van der Waals surface area contributed by atoms with Gasteiger partial charge in [0.1, 0.15) is 6.04 Å². The first kappa shape index (κ1) is 21.2. The Balaban J connectivity index is 0.00000243. The van der Waals surface area contributed by atoms with Crippen molar-refractivity contribution in [3.05, 3.63) is 21.9 Å². The highest BCUT2D eigenvalue weighted by atomic mass is 35.5. The number of thiophene rings is 1. The number of carbonyl (C=O) groups is 2. The maximum atomic E-state index is 13.0. The largest absolute Gasteiger partial charge is 0.344 e. The van der Waals surface area contributed by atoms with Crippen molar-refractivity contribution in [2.45, 2.75) is 64.6 Å². The number of hydrogen-bond donors (Lipinski definition) is 2. The summed E-state index contributed by atoms with van der Waals surface area (Å²) in [6.45, 7) is 6.48. The third-order valence-electron chi connectivity index (χ3n) is 5.31. The molecule has 2 N–H and O–H groups in total. The van der Waals surface area contributed by atoms with Crippen molar-refractivity contribution in [1.82, 2.24) is 15.5 Å². The van der Waals surface area contributed by atoms with Crippen LogP contribution >= 0.6 is 23.7 Å². The Morgan fingerprint density at radius 3 is 3.00 bits per heavy atom. The van der Waals surface area contributed by atoms with Crippen molar-refractivity contribution >= 4 is 35.6 Å². The molecule has 1 unspecified atom stereocenters. The van der Waals surface area contributed by atoms with Gasteiger partial charge in [0.2, 0.25) is 11.8 Å². The normalized spacial score (nSPS) is 23.5. The number of piperidine rings is 1. The molecule has 3 atom stereocenters. The molecule has 1 saturated heterocycles. The molecule has 1 aromatic rings.